The van der Waals surface area contributed by atoms with Gasteiger partial charge in [0, 0.05) is 49.4 Å². The Morgan fingerprint density at radius 3 is 2.69 bits per heavy atom. The summed E-state index contributed by atoms with van der Waals surface area (Å²) in [5.74, 6) is 0.429. The lowest BCUT2D eigenvalue weighted by atomic mass is 9.91. The zero-order valence-electron chi connectivity index (χ0n) is 24.0. The van der Waals surface area contributed by atoms with Crippen LogP contribution in [0.25, 0.3) is 0 Å². The molecule has 1 aromatic heterocycles. The van der Waals surface area contributed by atoms with Crippen LogP contribution < -0.4 is 14.5 Å². The van der Waals surface area contributed by atoms with Gasteiger partial charge < -0.3 is 24.3 Å². The zero-order chi connectivity index (χ0) is 30.1. The van der Waals surface area contributed by atoms with Gasteiger partial charge in [-0.3, -0.25) is 4.79 Å². The van der Waals surface area contributed by atoms with Crippen LogP contribution in [0.4, 0.5) is 24.7 Å². The number of anilines is 2. The van der Waals surface area contributed by atoms with Gasteiger partial charge in [-0.1, -0.05) is 25.6 Å². The number of alkyl halides is 3. The molecule has 224 valence electrons. The Bertz CT molecular complexity index is 1380. The first-order chi connectivity index (χ1) is 20.0. The Hall–Kier alpha value is -3.85. The number of nitriles is 1. The second-order valence-electron chi connectivity index (χ2n) is 11.7. The first kappa shape index (κ1) is 29.6. The summed E-state index contributed by atoms with van der Waals surface area (Å²) < 4.78 is 47.8. The molecule has 12 heteroatoms. The zero-order valence-corrected chi connectivity index (χ0v) is 24.0. The van der Waals surface area contributed by atoms with Gasteiger partial charge in [0.1, 0.15) is 5.82 Å². The number of hydrogen-bond donors (Lipinski definition) is 0. The molecule has 3 aliphatic rings. The van der Waals surface area contributed by atoms with Crippen LogP contribution in [0.5, 0.6) is 6.01 Å². The number of para-hydroxylation sites is 1. The number of benzene rings is 1. The Balaban J connectivity index is 1.48. The molecule has 2 fully saturated rings. The van der Waals surface area contributed by atoms with Crippen molar-refractivity contribution in [2.45, 2.75) is 44.9 Å². The van der Waals surface area contributed by atoms with Gasteiger partial charge in [-0.2, -0.15) is 28.4 Å². The second-order valence-corrected chi connectivity index (χ2v) is 11.7. The molecule has 0 aliphatic carbocycles. The van der Waals surface area contributed by atoms with Gasteiger partial charge in [0.2, 0.25) is 5.91 Å². The first-order valence-corrected chi connectivity index (χ1v) is 14.2. The predicted octanol–water partition coefficient (Wildman–Crippen LogP) is 3.90. The smallest absolute Gasteiger partial charge is 0.418 e. The summed E-state index contributed by atoms with van der Waals surface area (Å²) in [5.41, 5.74) is 0.841. The molecule has 0 bridgehead atoms. The van der Waals surface area contributed by atoms with Crippen LogP contribution in [-0.2, 0) is 23.9 Å². The van der Waals surface area contributed by atoms with Crippen molar-refractivity contribution in [1.29, 1.82) is 5.26 Å². The van der Waals surface area contributed by atoms with E-state index in [4.69, 9.17) is 14.7 Å². The third-order valence-electron chi connectivity index (χ3n) is 8.44. The van der Waals surface area contributed by atoms with Gasteiger partial charge in [-0.05, 0) is 44.6 Å². The lowest BCUT2D eigenvalue weighted by Crippen LogP contribution is -2.55. The monoisotopic (exact) mass is 583 g/mol. The van der Waals surface area contributed by atoms with Crippen LogP contribution >= 0.6 is 0 Å². The van der Waals surface area contributed by atoms with Crippen molar-refractivity contribution in [3.8, 4) is 12.1 Å². The highest BCUT2D eigenvalue weighted by Crippen LogP contribution is 2.39. The van der Waals surface area contributed by atoms with Crippen LogP contribution in [0.3, 0.4) is 0 Å². The van der Waals surface area contributed by atoms with Crippen molar-refractivity contribution in [2.24, 2.45) is 5.41 Å². The van der Waals surface area contributed by atoms with E-state index in [-0.39, 0.29) is 42.0 Å². The third-order valence-corrected chi connectivity index (χ3v) is 8.44. The number of piperazine rings is 1. The largest absolute Gasteiger partial charge is 0.463 e. The maximum Gasteiger partial charge on any atom is 0.418 e. The van der Waals surface area contributed by atoms with Crippen molar-refractivity contribution < 1.29 is 22.7 Å². The Kier molecular flexibility index (Phi) is 8.32. The molecule has 2 aromatic rings. The van der Waals surface area contributed by atoms with E-state index in [0.717, 1.165) is 31.1 Å². The molecule has 0 radical (unpaired) electrons. The molecule has 0 saturated carbocycles. The summed E-state index contributed by atoms with van der Waals surface area (Å²) in [6, 6.07) is 7.61. The first-order valence-electron chi connectivity index (χ1n) is 14.2. The van der Waals surface area contributed by atoms with E-state index in [1.807, 2.05) is 4.90 Å². The summed E-state index contributed by atoms with van der Waals surface area (Å²) in [7, 11) is 2.07. The van der Waals surface area contributed by atoms with Crippen LogP contribution in [0, 0.1) is 16.7 Å². The number of nitrogens with zero attached hydrogens (tertiary/aromatic N) is 7. The van der Waals surface area contributed by atoms with Crippen LogP contribution in [0.2, 0.25) is 0 Å². The van der Waals surface area contributed by atoms with Gasteiger partial charge in [0.25, 0.3) is 0 Å². The molecule has 2 atom stereocenters. The van der Waals surface area contributed by atoms with E-state index < -0.39 is 11.7 Å². The maximum atomic E-state index is 13.9. The molecule has 42 heavy (non-hydrogen) atoms. The number of carbonyl (C=O) groups excluding carboxylic acids is 1. The van der Waals surface area contributed by atoms with E-state index in [1.165, 1.54) is 18.2 Å². The molecular formula is C30H36F3N7O2. The van der Waals surface area contributed by atoms with Crippen LogP contribution in [-0.4, -0.2) is 84.6 Å². The molecule has 9 nitrogen and oxygen atoms in total. The van der Waals surface area contributed by atoms with Gasteiger partial charge in [0.15, 0.2) is 0 Å². The second kappa shape index (κ2) is 11.8. The van der Waals surface area contributed by atoms with Gasteiger partial charge in [0.05, 0.1) is 42.9 Å². The molecule has 1 aromatic carbocycles. The van der Waals surface area contributed by atoms with Gasteiger partial charge in [-0.25, -0.2) is 0 Å². The number of amides is 1. The lowest BCUT2D eigenvalue weighted by Gasteiger charge is -2.42. The van der Waals surface area contributed by atoms with Crippen molar-refractivity contribution in [2.75, 3.05) is 62.7 Å². The van der Waals surface area contributed by atoms with E-state index >= 15 is 0 Å². The van der Waals surface area contributed by atoms with Crippen LogP contribution in [0.1, 0.15) is 36.6 Å². The minimum absolute atomic E-state index is 0.0690. The highest BCUT2D eigenvalue weighted by atomic mass is 19.4. The minimum atomic E-state index is -4.48. The predicted molar refractivity (Wildman–Crippen MR) is 152 cm³/mol. The number of likely N-dealkylation sites (tertiary alicyclic amines) is 1. The van der Waals surface area contributed by atoms with E-state index in [1.54, 1.807) is 15.9 Å². The number of ether oxygens (including phenoxy) is 1. The number of aromatic nitrogens is 2. The highest BCUT2D eigenvalue weighted by molar-refractivity contribution is 5.87. The molecule has 0 spiro atoms. The fourth-order valence-electron chi connectivity index (χ4n) is 6.27. The molecule has 2 saturated heterocycles. The Morgan fingerprint density at radius 1 is 1.21 bits per heavy atom. The lowest BCUT2D eigenvalue weighted by molar-refractivity contribution is -0.137. The maximum absolute atomic E-state index is 13.9. The van der Waals surface area contributed by atoms with E-state index in [0.29, 0.717) is 50.7 Å². The Labute approximate surface area is 244 Å². The van der Waals surface area contributed by atoms with Crippen molar-refractivity contribution in [1.82, 2.24) is 19.8 Å². The summed E-state index contributed by atoms with van der Waals surface area (Å²) in [6.45, 7) is 9.80. The molecule has 1 unspecified atom stereocenters. The standard InChI is InChI=1S/C30H36F3N7O2/c1-4-26(41)40-16-15-39(17-21(40)9-12-34)27-22-10-13-38(25-8-6-5-7-23(25)30(31,32)33)18-24(22)35-28(36-27)42-20-29(2)11-14-37(3)19-29/h4-8,21H,1,9-11,13-20H2,2-3H3/t21?,29-/m1/s1. The quantitative estimate of drug-likeness (QED) is 0.454. The summed E-state index contributed by atoms with van der Waals surface area (Å²) in [5, 5.41) is 9.45. The number of fused-ring (bicyclic) bond motifs is 1. The fraction of sp³-hybridized carbons (Fsp3) is 0.533. The van der Waals surface area contributed by atoms with E-state index in [9.17, 15) is 23.2 Å². The van der Waals surface area contributed by atoms with Gasteiger partial charge >= 0.3 is 12.2 Å². The average Bonchev–Trinajstić information content (AvgIpc) is 3.32. The average molecular weight is 584 g/mol. The summed E-state index contributed by atoms with van der Waals surface area (Å²) >= 11 is 0. The SMILES string of the molecule is C=CC(=O)N1CCN(c2nc(OC[C@]3(C)CCN(C)C3)nc3c2CCN(c2ccccc2C(F)(F)F)C3)CC1CC#N. The molecule has 3 aliphatic heterocycles. The summed E-state index contributed by atoms with van der Waals surface area (Å²) in [4.78, 5) is 29.7. The topological polar surface area (TPSA) is 88.8 Å². The van der Waals surface area contributed by atoms with Crippen molar-refractivity contribution >= 4 is 17.4 Å². The summed E-state index contributed by atoms with van der Waals surface area (Å²) in [6.07, 6.45) is -1.66. The van der Waals surface area contributed by atoms with Gasteiger partial charge in [-0.15, -0.1) is 0 Å². The number of rotatable bonds is 7. The van der Waals surface area contributed by atoms with Crippen molar-refractivity contribution in [3.63, 3.8) is 0 Å². The molecule has 5 rings (SSSR count). The number of hydrogen-bond acceptors (Lipinski definition) is 8. The van der Waals surface area contributed by atoms with Crippen LogP contribution in [0.15, 0.2) is 36.9 Å². The fourth-order valence-corrected chi connectivity index (χ4v) is 6.27. The number of halogens is 3. The van der Waals surface area contributed by atoms with E-state index in [2.05, 4.69) is 31.5 Å². The normalized spacial score (nSPS) is 23.0. The highest BCUT2D eigenvalue weighted by Gasteiger charge is 2.38. The Morgan fingerprint density at radius 2 is 2.00 bits per heavy atom. The molecule has 1 amide bonds. The molecule has 4 heterocycles. The molecule has 0 N–H and O–H groups in total. The third kappa shape index (κ3) is 6.16. The van der Waals surface area contributed by atoms with Crippen molar-refractivity contribution in [3.05, 3.63) is 53.7 Å². The molecular weight excluding hydrogens is 547 g/mol. The number of carbonyl (C=O) groups is 1. The minimum Gasteiger partial charge on any atom is -0.463 e.